The minimum Gasteiger partial charge on any atom is -0.448 e. The van der Waals surface area contributed by atoms with Crippen molar-refractivity contribution in [2.75, 3.05) is 32.7 Å². The summed E-state index contributed by atoms with van der Waals surface area (Å²) in [5.74, 6) is 0.891. The van der Waals surface area contributed by atoms with Crippen molar-refractivity contribution >= 4 is 0 Å². The lowest BCUT2D eigenvalue weighted by Crippen LogP contribution is -2.47. The molecule has 8 nitrogen and oxygen atoms in total. The standard InChI is InChI=1S/C20H24N6O2/c1-16-19(22-15-28-16)14-25-10-8-24(9-11-25)12-13-26-20(27)3-2-18(23-26)17-4-6-21-7-5-17/h2-7,15H,8-14H2,1H3. The Balaban J connectivity index is 1.32. The maximum Gasteiger partial charge on any atom is 0.266 e. The molecule has 4 rings (SSSR count). The third-order valence-corrected chi connectivity index (χ3v) is 5.15. The molecule has 3 aromatic rings. The summed E-state index contributed by atoms with van der Waals surface area (Å²) in [5, 5.41) is 4.52. The third-order valence-electron chi connectivity index (χ3n) is 5.15. The van der Waals surface area contributed by atoms with E-state index in [9.17, 15) is 4.79 Å². The van der Waals surface area contributed by atoms with Gasteiger partial charge in [-0.15, -0.1) is 0 Å². The average Bonchev–Trinajstić information content (AvgIpc) is 3.13. The Labute approximate surface area is 163 Å². The van der Waals surface area contributed by atoms with E-state index in [2.05, 4.69) is 24.9 Å². The highest BCUT2D eigenvalue weighted by Crippen LogP contribution is 2.13. The van der Waals surface area contributed by atoms with E-state index in [-0.39, 0.29) is 5.56 Å². The molecule has 4 heterocycles. The molecule has 1 aliphatic rings. The number of pyridine rings is 1. The lowest BCUT2D eigenvalue weighted by molar-refractivity contribution is 0.121. The molecule has 0 aliphatic carbocycles. The summed E-state index contributed by atoms with van der Waals surface area (Å²) in [6.07, 6.45) is 4.96. The Bertz CT molecular complexity index is 960. The minimum atomic E-state index is -0.0713. The maximum absolute atomic E-state index is 12.2. The first-order valence-corrected chi connectivity index (χ1v) is 9.51. The van der Waals surface area contributed by atoms with Crippen molar-refractivity contribution in [3.8, 4) is 11.3 Å². The quantitative estimate of drug-likeness (QED) is 0.640. The van der Waals surface area contributed by atoms with Crippen molar-refractivity contribution in [2.45, 2.75) is 20.0 Å². The number of oxazole rings is 1. The molecule has 0 unspecified atom stereocenters. The molecule has 0 N–H and O–H groups in total. The maximum atomic E-state index is 12.2. The van der Waals surface area contributed by atoms with Crippen molar-refractivity contribution < 1.29 is 4.42 Å². The van der Waals surface area contributed by atoms with E-state index >= 15 is 0 Å². The van der Waals surface area contributed by atoms with Crippen molar-refractivity contribution in [1.82, 2.24) is 29.5 Å². The first-order valence-electron chi connectivity index (χ1n) is 9.51. The SMILES string of the molecule is Cc1ocnc1CN1CCN(CCn2nc(-c3ccncc3)ccc2=O)CC1. The van der Waals surface area contributed by atoms with Crippen molar-refractivity contribution in [2.24, 2.45) is 0 Å². The number of nitrogens with zero attached hydrogens (tertiary/aromatic N) is 6. The average molecular weight is 380 g/mol. The van der Waals surface area contributed by atoms with Gasteiger partial charge in [-0.2, -0.15) is 5.10 Å². The fourth-order valence-electron chi connectivity index (χ4n) is 3.38. The van der Waals surface area contributed by atoms with Crippen LogP contribution in [0.2, 0.25) is 0 Å². The molecule has 28 heavy (non-hydrogen) atoms. The largest absolute Gasteiger partial charge is 0.448 e. The highest BCUT2D eigenvalue weighted by Gasteiger charge is 2.18. The van der Waals surface area contributed by atoms with E-state index in [0.29, 0.717) is 6.54 Å². The number of aryl methyl sites for hydroxylation is 1. The number of aromatic nitrogens is 4. The topological polar surface area (TPSA) is 80.3 Å². The summed E-state index contributed by atoms with van der Waals surface area (Å²) in [7, 11) is 0. The lowest BCUT2D eigenvalue weighted by Gasteiger charge is -2.34. The Hall–Kier alpha value is -2.84. The zero-order chi connectivity index (χ0) is 19.3. The first-order chi connectivity index (χ1) is 13.7. The van der Waals surface area contributed by atoms with Gasteiger partial charge in [0.05, 0.1) is 17.9 Å². The van der Waals surface area contributed by atoms with Gasteiger partial charge in [-0.05, 0) is 25.1 Å². The van der Waals surface area contributed by atoms with E-state index in [0.717, 1.165) is 62.0 Å². The van der Waals surface area contributed by atoms with E-state index in [1.807, 2.05) is 19.1 Å². The Morgan fingerprint density at radius 1 is 1.00 bits per heavy atom. The monoisotopic (exact) mass is 380 g/mol. The van der Waals surface area contributed by atoms with Gasteiger partial charge in [-0.3, -0.25) is 19.6 Å². The fraction of sp³-hybridized carbons (Fsp3) is 0.400. The van der Waals surface area contributed by atoms with Gasteiger partial charge in [0.15, 0.2) is 6.39 Å². The Morgan fingerprint density at radius 2 is 1.75 bits per heavy atom. The molecule has 1 fully saturated rings. The molecule has 3 aromatic heterocycles. The lowest BCUT2D eigenvalue weighted by atomic mass is 10.2. The highest BCUT2D eigenvalue weighted by atomic mass is 16.3. The third kappa shape index (κ3) is 4.35. The summed E-state index contributed by atoms with van der Waals surface area (Å²) in [6, 6.07) is 7.14. The number of piperazine rings is 1. The van der Waals surface area contributed by atoms with Crippen LogP contribution in [0.1, 0.15) is 11.5 Å². The molecule has 0 atom stereocenters. The van der Waals surface area contributed by atoms with Gasteiger partial charge < -0.3 is 4.42 Å². The summed E-state index contributed by atoms with van der Waals surface area (Å²) in [6.45, 7) is 8.06. The van der Waals surface area contributed by atoms with Crippen LogP contribution in [0.3, 0.4) is 0 Å². The van der Waals surface area contributed by atoms with E-state index < -0.39 is 0 Å². The van der Waals surface area contributed by atoms with Crippen LogP contribution >= 0.6 is 0 Å². The molecule has 0 amide bonds. The van der Waals surface area contributed by atoms with Gasteiger partial charge in [0.2, 0.25) is 0 Å². The minimum absolute atomic E-state index is 0.0713. The van der Waals surface area contributed by atoms with Crippen LogP contribution in [-0.4, -0.2) is 62.3 Å². The predicted molar refractivity (Wildman–Crippen MR) is 105 cm³/mol. The normalized spacial score (nSPS) is 15.8. The zero-order valence-electron chi connectivity index (χ0n) is 16.0. The van der Waals surface area contributed by atoms with Gasteiger partial charge in [0.1, 0.15) is 5.76 Å². The van der Waals surface area contributed by atoms with Gasteiger partial charge in [0.25, 0.3) is 5.56 Å². The molecule has 8 heteroatoms. The number of hydrogen-bond donors (Lipinski definition) is 0. The number of rotatable bonds is 6. The van der Waals surface area contributed by atoms with Crippen molar-refractivity contribution in [3.05, 3.63) is 64.9 Å². The van der Waals surface area contributed by atoms with Crippen LogP contribution in [0.4, 0.5) is 0 Å². The Kier molecular flexibility index (Phi) is 5.59. The smallest absolute Gasteiger partial charge is 0.266 e. The van der Waals surface area contributed by atoms with Crippen LogP contribution in [0.5, 0.6) is 0 Å². The van der Waals surface area contributed by atoms with Gasteiger partial charge in [-0.1, -0.05) is 0 Å². The predicted octanol–water partition coefficient (Wildman–Crippen LogP) is 1.42. The molecule has 0 aromatic carbocycles. The highest BCUT2D eigenvalue weighted by molar-refractivity contribution is 5.56. The Morgan fingerprint density at radius 3 is 2.46 bits per heavy atom. The van der Waals surface area contributed by atoms with E-state index in [1.54, 1.807) is 29.2 Å². The molecule has 0 saturated carbocycles. The summed E-state index contributed by atoms with van der Waals surface area (Å²) in [5.41, 5.74) is 2.69. The molecule has 0 spiro atoms. The molecule has 146 valence electrons. The van der Waals surface area contributed by atoms with Crippen LogP contribution in [-0.2, 0) is 13.1 Å². The first kappa shape index (κ1) is 18.5. The van der Waals surface area contributed by atoms with Gasteiger partial charge >= 0.3 is 0 Å². The molecular weight excluding hydrogens is 356 g/mol. The molecular formula is C20H24N6O2. The second-order valence-corrected chi connectivity index (χ2v) is 6.99. The molecule has 0 bridgehead atoms. The summed E-state index contributed by atoms with van der Waals surface area (Å²) in [4.78, 5) is 25.2. The summed E-state index contributed by atoms with van der Waals surface area (Å²) >= 11 is 0. The van der Waals surface area contributed by atoms with Crippen LogP contribution in [0.25, 0.3) is 11.3 Å². The van der Waals surface area contributed by atoms with E-state index in [4.69, 9.17) is 4.42 Å². The second-order valence-electron chi connectivity index (χ2n) is 6.99. The molecule has 1 saturated heterocycles. The summed E-state index contributed by atoms with van der Waals surface area (Å²) < 4.78 is 6.83. The van der Waals surface area contributed by atoms with Crippen LogP contribution in [0.15, 0.2) is 52.3 Å². The fourth-order valence-corrected chi connectivity index (χ4v) is 3.38. The molecule has 1 aliphatic heterocycles. The van der Waals surface area contributed by atoms with Crippen LogP contribution < -0.4 is 5.56 Å². The van der Waals surface area contributed by atoms with Crippen molar-refractivity contribution in [1.29, 1.82) is 0 Å². The van der Waals surface area contributed by atoms with Gasteiger partial charge in [0, 0.05) is 63.3 Å². The molecule has 0 radical (unpaired) electrons. The van der Waals surface area contributed by atoms with Crippen LogP contribution in [0, 0.1) is 6.92 Å². The second kappa shape index (κ2) is 8.45. The van der Waals surface area contributed by atoms with Gasteiger partial charge in [-0.25, -0.2) is 9.67 Å². The van der Waals surface area contributed by atoms with Crippen molar-refractivity contribution in [3.63, 3.8) is 0 Å². The number of hydrogen-bond acceptors (Lipinski definition) is 7. The zero-order valence-corrected chi connectivity index (χ0v) is 16.0. The van der Waals surface area contributed by atoms with E-state index in [1.165, 1.54) is 6.39 Å².